The molecule has 1 aromatic heterocycles. The van der Waals surface area contributed by atoms with Gasteiger partial charge in [0.1, 0.15) is 5.75 Å². The van der Waals surface area contributed by atoms with Crippen LogP contribution in [-0.4, -0.2) is 25.0 Å². The second-order valence-electron chi connectivity index (χ2n) is 4.30. The largest absolute Gasteiger partial charge is 0.497 e. The van der Waals surface area contributed by atoms with Gasteiger partial charge >= 0.3 is 0 Å². The molecule has 5 nitrogen and oxygen atoms in total. The van der Waals surface area contributed by atoms with Gasteiger partial charge in [0.2, 0.25) is 0 Å². The highest BCUT2D eigenvalue weighted by Gasteiger charge is 2.14. The number of hydrogen-bond acceptors (Lipinski definition) is 4. The van der Waals surface area contributed by atoms with E-state index in [2.05, 4.69) is 15.6 Å². The van der Waals surface area contributed by atoms with Gasteiger partial charge in [0.15, 0.2) is 11.6 Å². The Bertz CT molecular complexity index is 629. The van der Waals surface area contributed by atoms with Crippen molar-refractivity contribution in [2.24, 2.45) is 0 Å². The number of carbonyl (C=O) groups is 1. The molecule has 0 aliphatic carbocycles. The van der Waals surface area contributed by atoms with Crippen LogP contribution in [0.15, 0.2) is 36.5 Å². The molecular formula is C15H16FN3O2. The number of hydrogen-bond donors (Lipinski definition) is 2. The fourth-order valence-electron chi connectivity index (χ4n) is 1.81. The summed E-state index contributed by atoms with van der Waals surface area (Å²) in [6.45, 7) is 0.394. The molecule has 1 heterocycles. The Kier molecular flexibility index (Phi) is 4.71. The van der Waals surface area contributed by atoms with E-state index >= 15 is 0 Å². The van der Waals surface area contributed by atoms with E-state index in [-0.39, 0.29) is 11.4 Å². The van der Waals surface area contributed by atoms with Gasteiger partial charge < -0.3 is 15.4 Å². The molecule has 6 heteroatoms. The molecule has 2 N–H and O–H groups in total. The third kappa shape index (κ3) is 3.47. The van der Waals surface area contributed by atoms with E-state index in [1.54, 1.807) is 7.11 Å². The minimum absolute atomic E-state index is 0.0373. The quantitative estimate of drug-likeness (QED) is 0.885. The Labute approximate surface area is 122 Å². The molecular weight excluding hydrogens is 273 g/mol. The molecule has 0 aliphatic heterocycles. The first-order valence-electron chi connectivity index (χ1n) is 6.39. The van der Waals surface area contributed by atoms with E-state index in [1.807, 2.05) is 24.3 Å². The molecule has 0 saturated heterocycles. The standard InChI is InChI=1S/C15H16FN3O2/c1-17-15(20)12-7-8-18-14(13(12)16)19-9-10-3-5-11(21-2)6-4-10/h3-8H,9H2,1-2H3,(H,17,20)(H,18,19). The molecule has 0 atom stereocenters. The highest BCUT2D eigenvalue weighted by molar-refractivity contribution is 5.94. The number of nitrogens with one attached hydrogen (secondary N) is 2. The Hall–Kier alpha value is -2.63. The van der Waals surface area contributed by atoms with E-state index in [9.17, 15) is 9.18 Å². The van der Waals surface area contributed by atoms with Crippen molar-refractivity contribution < 1.29 is 13.9 Å². The summed E-state index contributed by atoms with van der Waals surface area (Å²) in [5.74, 6) is -0.343. The highest BCUT2D eigenvalue weighted by Crippen LogP contribution is 2.17. The molecule has 0 radical (unpaired) electrons. The van der Waals surface area contributed by atoms with E-state index in [0.717, 1.165) is 11.3 Å². The van der Waals surface area contributed by atoms with Crippen LogP contribution in [0.3, 0.4) is 0 Å². The zero-order chi connectivity index (χ0) is 15.2. The van der Waals surface area contributed by atoms with Crippen LogP contribution in [0.2, 0.25) is 0 Å². The first-order chi connectivity index (χ1) is 10.2. The van der Waals surface area contributed by atoms with Crippen molar-refractivity contribution in [3.63, 3.8) is 0 Å². The Morgan fingerprint density at radius 1 is 1.29 bits per heavy atom. The van der Waals surface area contributed by atoms with E-state index in [4.69, 9.17) is 4.74 Å². The molecule has 0 unspecified atom stereocenters. The lowest BCUT2D eigenvalue weighted by Gasteiger charge is -2.09. The molecule has 0 saturated carbocycles. The van der Waals surface area contributed by atoms with Crippen LogP contribution in [0.4, 0.5) is 10.2 Å². The fourth-order valence-corrected chi connectivity index (χ4v) is 1.81. The predicted octanol–water partition coefficient (Wildman–Crippen LogP) is 2.20. The number of pyridine rings is 1. The van der Waals surface area contributed by atoms with E-state index < -0.39 is 11.7 Å². The Balaban J connectivity index is 2.10. The van der Waals surface area contributed by atoms with Crippen LogP contribution in [0.5, 0.6) is 5.75 Å². The summed E-state index contributed by atoms with van der Waals surface area (Å²) in [7, 11) is 3.05. The van der Waals surface area contributed by atoms with Gasteiger partial charge in [0, 0.05) is 19.8 Å². The van der Waals surface area contributed by atoms with Gasteiger partial charge in [-0.15, -0.1) is 0 Å². The average Bonchev–Trinajstić information content (AvgIpc) is 2.53. The van der Waals surface area contributed by atoms with Crippen LogP contribution in [0.1, 0.15) is 15.9 Å². The van der Waals surface area contributed by atoms with Gasteiger partial charge in [-0.2, -0.15) is 0 Å². The summed E-state index contributed by atoms with van der Waals surface area (Å²) in [6.07, 6.45) is 1.39. The number of aromatic nitrogens is 1. The molecule has 1 aromatic carbocycles. The van der Waals surface area contributed by atoms with Crippen molar-refractivity contribution in [3.8, 4) is 5.75 Å². The van der Waals surface area contributed by atoms with Crippen molar-refractivity contribution in [2.45, 2.75) is 6.54 Å². The normalized spacial score (nSPS) is 10.0. The number of ether oxygens (including phenoxy) is 1. The number of halogens is 1. The van der Waals surface area contributed by atoms with Crippen molar-refractivity contribution in [1.29, 1.82) is 0 Å². The van der Waals surface area contributed by atoms with Gasteiger partial charge in [-0.25, -0.2) is 9.37 Å². The third-order valence-electron chi connectivity index (χ3n) is 2.98. The summed E-state index contributed by atoms with van der Waals surface area (Å²) in [5.41, 5.74) is 0.909. The summed E-state index contributed by atoms with van der Waals surface area (Å²) in [5, 5.41) is 5.27. The molecule has 2 rings (SSSR count). The van der Waals surface area contributed by atoms with Gasteiger partial charge in [-0.3, -0.25) is 4.79 Å². The van der Waals surface area contributed by atoms with Gasteiger partial charge in [-0.05, 0) is 23.8 Å². The molecule has 2 aromatic rings. The first-order valence-corrected chi connectivity index (χ1v) is 6.39. The predicted molar refractivity (Wildman–Crippen MR) is 77.9 cm³/mol. The number of benzene rings is 1. The fraction of sp³-hybridized carbons (Fsp3) is 0.200. The van der Waals surface area contributed by atoms with Crippen LogP contribution >= 0.6 is 0 Å². The number of amides is 1. The maximum absolute atomic E-state index is 14.1. The maximum Gasteiger partial charge on any atom is 0.254 e. The maximum atomic E-state index is 14.1. The molecule has 0 fully saturated rings. The average molecular weight is 289 g/mol. The van der Waals surface area contributed by atoms with Crippen molar-refractivity contribution >= 4 is 11.7 Å². The monoisotopic (exact) mass is 289 g/mol. The highest BCUT2D eigenvalue weighted by atomic mass is 19.1. The second kappa shape index (κ2) is 6.69. The second-order valence-corrected chi connectivity index (χ2v) is 4.30. The van der Waals surface area contributed by atoms with Crippen LogP contribution in [0, 0.1) is 5.82 Å². The summed E-state index contributed by atoms with van der Waals surface area (Å²) in [6, 6.07) is 8.72. The van der Waals surface area contributed by atoms with E-state index in [1.165, 1.54) is 19.3 Å². The van der Waals surface area contributed by atoms with Gasteiger partial charge in [-0.1, -0.05) is 12.1 Å². The third-order valence-corrected chi connectivity index (χ3v) is 2.98. The number of carbonyl (C=O) groups excluding carboxylic acids is 1. The number of rotatable bonds is 5. The van der Waals surface area contributed by atoms with Crippen LogP contribution in [-0.2, 0) is 6.54 Å². The van der Waals surface area contributed by atoms with Gasteiger partial charge in [0.25, 0.3) is 5.91 Å². The van der Waals surface area contributed by atoms with Crippen molar-refractivity contribution in [3.05, 3.63) is 53.5 Å². The Morgan fingerprint density at radius 2 is 2.00 bits per heavy atom. The topological polar surface area (TPSA) is 63.2 Å². The van der Waals surface area contributed by atoms with Crippen molar-refractivity contribution in [1.82, 2.24) is 10.3 Å². The number of methoxy groups -OCH3 is 1. The first kappa shape index (κ1) is 14.8. The molecule has 1 amide bonds. The van der Waals surface area contributed by atoms with E-state index in [0.29, 0.717) is 6.54 Å². The Morgan fingerprint density at radius 3 is 2.62 bits per heavy atom. The molecule has 0 spiro atoms. The van der Waals surface area contributed by atoms with Gasteiger partial charge in [0.05, 0.1) is 12.7 Å². The van der Waals surface area contributed by atoms with Crippen LogP contribution in [0.25, 0.3) is 0 Å². The minimum atomic E-state index is -0.662. The minimum Gasteiger partial charge on any atom is -0.497 e. The lowest BCUT2D eigenvalue weighted by atomic mass is 10.2. The molecule has 0 bridgehead atoms. The smallest absolute Gasteiger partial charge is 0.254 e. The SMILES string of the molecule is CNC(=O)c1ccnc(NCc2ccc(OC)cc2)c1F. The zero-order valence-electron chi connectivity index (χ0n) is 11.8. The molecule has 110 valence electrons. The molecule has 0 aliphatic rings. The summed E-state index contributed by atoms with van der Waals surface area (Å²) < 4.78 is 19.2. The molecule has 21 heavy (non-hydrogen) atoms. The van der Waals surface area contributed by atoms with Crippen LogP contribution < -0.4 is 15.4 Å². The zero-order valence-corrected chi connectivity index (χ0v) is 11.8. The number of anilines is 1. The lowest BCUT2D eigenvalue weighted by molar-refractivity contribution is 0.0959. The number of nitrogens with zero attached hydrogens (tertiary/aromatic N) is 1. The summed E-state index contributed by atoms with van der Waals surface area (Å²) >= 11 is 0. The summed E-state index contributed by atoms with van der Waals surface area (Å²) in [4.78, 5) is 15.4. The van der Waals surface area contributed by atoms with Crippen molar-refractivity contribution in [2.75, 3.05) is 19.5 Å². The lowest BCUT2D eigenvalue weighted by Crippen LogP contribution is -2.20.